The number of hydrogen-bond donors (Lipinski definition) is 1. The summed E-state index contributed by atoms with van der Waals surface area (Å²) in [6, 6.07) is 14.0. The molecule has 1 N–H and O–H groups in total. The van der Waals surface area contributed by atoms with Crippen molar-refractivity contribution in [2.45, 2.75) is 19.5 Å². The largest absolute Gasteiger partial charge is 0.494 e. The predicted molar refractivity (Wildman–Crippen MR) is 94.4 cm³/mol. The smallest absolute Gasteiger partial charge is 0.273 e. The number of hydrogen-bond acceptors (Lipinski definition) is 4. The maximum Gasteiger partial charge on any atom is 0.273 e. The SMILES string of the molecule is COc1ccc(C(C)NC(=O)c2cn(Cc3ccccc3)nn2)cc1F. The number of methoxy groups -OCH3 is 1. The van der Waals surface area contributed by atoms with E-state index >= 15 is 0 Å². The summed E-state index contributed by atoms with van der Waals surface area (Å²) >= 11 is 0. The maximum atomic E-state index is 13.8. The van der Waals surface area contributed by atoms with Crippen LogP contribution in [-0.2, 0) is 6.54 Å². The standard InChI is InChI=1S/C19H19FN4O2/c1-13(15-8-9-18(26-2)16(20)10-15)21-19(25)17-12-24(23-22-17)11-14-6-4-3-5-7-14/h3-10,12-13H,11H2,1-2H3,(H,21,25). The first-order valence-corrected chi connectivity index (χ1v) is 8.15. The lowest BCUT2D eigenvalue weighted by Gasteiger charge is -2.14. The molecule has 0 fully saturated rings. The third-order valence-corrected chi connectivity index (χ3v) is 3.98. The Morgan fingerprint density at radius 3 is 2.73 bits per heavy atom. The number of halogens is 1. The minimum atomic E-state index is -0.472. The van der Waals surface area contributed by atoms with Crippen molar-refractivity contribution in [2.24, 2.45) is 0 Å². The van der Waals surface area contributed by atoms with Gasteiger partial charge in [0.2, 0.25) is 0 Å². The first-order chi connectivity index (χ1) is 12.6. The minimum Gasteiger partial charge on any atom is -0.494 e. The summed E-state index contributed by atoms with van der Waals surface area (Å²) in [7, 11) is 1.40. The highest BCUT2D eigenvalue weighted by Crippen LogP contribution is 2.21. The summed E-state index contributed by atoms with van der Waals surface area (Å²) in [5.41, 5.74) is 1.90. The van der Waals surface area contributed by atoms with Crippen molar-refractivity contribution < 1.29 is 13.9 Å². The van der Waals surface area contributed by atoms with Gasteiger partial charge in [-0.05, 0) is 30.2 Å². The van der Waals surface area contributed by atoms with Gasteiger partial charge in [0.15, 0.2) is 17.3 Å². The minimum absolute atomic E-state index is 0.163. The molecule has 0 saturated carbocycles. The Bertz CT molecular complexity index is 896. The zero-order valence-electron chi connectivity index (χ0n) is 14.5. The zero-order valence-corrected chi connectivity index (χ0v) is 14.5. The van der Waals surface area contributed by atoms with Gasteiger partial charge in [-0.2, -0.15) is 0 Å². The van der Waals surface area contributed by atoms with Gasteiger partial charge in [-0.25, -0.2) is 9.07 Å². The summed E-state index contributed by atoms with van der Waals surface area (Å²) in [6.07, 6.45) is 1.59. The molecule has 0 bridgehead atoms. The van der Waals surface area contributed by atoms with Crippen LogP contribution in [-0.4, -0.2) is 28.0 Å². The number of nitrogens with one attached hydrogen (secondary N) is 1. The van der Waals surface area contributed by atoms with Crippen molar-refractivity contribution in [1.29, 1.82) is 0 Å². The normalized spacial score (nSPS) is 11.8. The average Bonchev–Trinajstić information content (AvgIpc) is 3.11. The molecule has 0 aliphatic rings. The van der Waals surface area contributed by atoms with Crippen molar-refractivity contribution in [1.82, 2.24) is 20.3 Å². The molecule has 0 aliphatic carbocycles. The van der Waals surface area contributed by atoms with Gasteiger partial charge >= 0.3 is 0 Å². The van der Waals surface area contributed by atoms with Crippen molar-refractivity contribution in [2.75, 3.05) is 7.11 Å². The number of benzene rings is 2. The fourth-order valence-corrected chi connectivity index (χ4v) is 2.56. The summed E-state index contributed by atoms with van der Waals surface area (Å²) < 4.78 is 20.3. The van der Waals surface area contributed by atoms with E-state index in [1.54, 1.807) is 23.9 Å². The van der Waals surface area contributed by atoms with Gasteiger partial charge in [0.25, 0.3) is 5.91 Å². The molecule has 1 unspecified atom stereocenters. The van der Waals surface area contributed by atoms with E-state index in [1.807, 2.05) is 30.3 Å². The van der Waals surface area contributed by atoms with Gasteiger partial charge < -0.3 is 10.1 Å². The van der Waals surface area contributed by atoms with Gasteiger partial charge in [-0.1, -0.05) is 41.6 Å². The summed E-state index contributed by atoms with van der Waals surface area (Å²) in [4.78, 5) is 12.4. The van der Waals surface area contributed by atoms with E-state index in [-0.39, 0.29) is 23.4 Å². The van der Waals surface area contributed by atoms with Gasteiger partial charge in [0.1, 0.15) is 0 Å². The van der Waals surface area contributed by atoms with Crippen LogP contribution >= 0.6 is 0 Å². The summed E-state index contributed by atoms with van der Waals surface area (Å²) in [5, 5.41) is 10.7. The number of carbonyl (C=O) groups is 1. The molecule has 1 atom stereocenters. The Morgan fingerprint density at radius 1 is 1.27 bits per heavy atom. The topological polar surface area (TPSA) is 69.0 Å². The Hall–Kier alpha value is -3.22. The van der Waals surface area contributed by atoms with Crippen molar-refractivity contribution >= 4 is 5.91 Å². The molecule has 1 amide bonds. The molecule has 26 heavy (non-hydrogen) atoms. The zero-order chi connectivity index (χ0) is 18.5. The fourth-order valence-electron chi connectivity index (χ4n) is 2.56. The van der Waals surface area contributed by atoms with Crippen LogP contribution in [0.2, 0.25) is 0 Å². The van der Waals surface area contributed by atoms with Crippen molar-refractivity contribution in [3.63, 3.8) is 0 Å². The highest BCUT2D eigenvalue weighted by molar-refractivity contribution is 5.92. The highest BCUT2D eigenvalue weighted by Gasteiger charge is 2.16. The summed E-state index contributed by atoms with van der Waals surface area (Å²) in [6.45, 7) is 2.30. The molecule has 7 heteroatoms. The third-order valence-electron chi connectivity index (χ3n) is 3.98. The first-order valence-electron chi connectivity index (χ1n) is 8.15. The third kappa shape index (κ3) is 4.05. The molecular weight excluding hydrogens is 335 g/mol. The number of aromatic nitrogens is 3. The predicted octanol–water partition coefficient (Wildman–Crippen LogP) is 2.97. The van der Waals surface area contributed by atoms with Gasteiger partial charge in [0.05, 0.1) is 25.9 Å². The number of amides is 1. The van der Waals surface area contributed by atoms with Crippen LogP contribution in [0.5, 0.6) is 5.75 Å². The molecule has 0 aliphatic heterocycles. The Labute approximate surface area is 150 Å². The monoisotopic (exact) mass is 354 g/mol. The number of rotatable bonds is 6. The van der Waals surface area contributed by atoms with Crippen LogP contribution in [0.3, 0.4) is 0 Å². The Balaban J connectivity index is 1.65. The molecular formula is C19H19FN4O2. The molecule has 3 aromatic rings. The van der Waals surface area contributed by atoms with E-state index in [4.69, 9.17) is 4.74 Å². The van der Waals surface area contributed by atoms with E-state index in [9.17, 15) is 9.18 Å². The number of nitrogens with zero attached hydrogens (tertiary/aromatic N) is 3. The van der Waals surface area contributed by atoms with Crippen LogP contribution in [0.15, 0.2) is 54.7 Å². The molecule has 134 valence electrons. The van der Waals surface area contributed by atoms with E-state index in [1.165, 1.54) is 19.2 Å². The van der Waals surface area contributed by atoms with Crippen LogP contribution in [0.4, 0.5) is 4.39 Å². The fraction of sp³-hybridized carbons (Fsp3) is 0.211. The molecule has 0 saturated heterocycles. The van der Waals surface area contributed by atoms with Gasteiger partial charge in [0, 0.05) is 0 Å². The quantitative estimate of drug-likeness (QED) is 0.739. The molecule has 0 radical (unpaired) electrons. The van der Waals surface area contributed by atoms with Gasteiger partial charge in [-0.15, -0.1) is 5.10 Å². The lowest BCUT2D eigenvalue weighted by atomic mass is 10.1. The lowest BCUT2D eigenvalue weighted by molar-refractivity contribution is 0.0934. The second-order valence-corrected chi connectivity index (χ2v) is 5.88. The highest BCUT2D eigenvalue weighted by atomic mass is 19.1. The summed E-state index contributed by atoms with van der Waals surface area (Å²) in [5.74, 6) is -0.677. The lowest BCUT2D eigenvalue weighted by Crippen LogP contribution is -2.27. The van der Waals surface area contributed by atoms with Crippen LogP contribution < -0.4 is 10.1 Å². The Morgan fingerprint density at radius 2 is 2.04 bits per heavy atom. The second kappa shape index (κ2) is 7.77. The van der Waals surface area contributed by atoms with E-state index in [2.05, 4.69) is 15.6 Å². The number of carbonyl (C=O) groups excluding carboxylic acids is 1. The molecule has 0 spiro atoms. The van der Waals surface area contributed by atoms with Crippen molar-refractivity contribution in [3.8, 4) is 5.75 Å². The first kappa shape index (κ1) is 17.6. The van der Waals surface area contributed by atoms with Crippen LogP contribution in [0, 0.1) is 5.82 Å². The van der Waals surface area contributed by atoms with Crippen molar-refractivity contribution in [3.05, 3.63) is 77.4 Å². The molecule has 6 nitrogen and oxygen atoms in total. The number of ether oxygens (including phenoxy) is 1. The molecule has 3 rings (SSSR count). The van der Waals surface area contributed by atoms with E-state index < -0.39 is 5.82 Å². The van der Waals surface area contributed by atoms with Crippen LogP contribution in [0.25, 0.3) is 0 Å². The van der Waals surface area contributed by atoms with E-state index in [0.29, 0.717) is 12.1 Å². The molecule has 1 aromatic heterocycles. The average molecular weight is 354 g/mol. The van der Waals surface area contributed by atoms with E-state index in [0.717, 1.165) is 5.56 Å². The van der Waals surface area contributed by atoms with Gasteiger partial charge in [-0.3, -0.25) is 4.79 Å². The molecule has 1 heterocycles. The van der Waals surface area contributed by atoms with Crippen LogP contribution in [0.1, 0.15) is 34.6 Å². The maximum absolute atomic E-state index is 13.8. The Kier molecular flexibility index (Phi) is 5.26. The molecule has 2 aromatic carbocycles. The second-order valence-electron chi connectivity index (χ2n) is 5.88.